The number of ketones is 1. The molecule has 40 heavy (non-hydrogen) atoms. The minimum Gasteiger partial charge on any atom is -0.503 e. The molecule has 0 radical (unpaired) electrons. The number of anilines is 1. The van der Waals surface area contributed by atoms with E-state index in [-0.39, 0.29) is 11.5 Å². The number of rotatable bonds is 8. The van der Waals surface area contributed by atoms with E-state index in [0.29, 0.717) is 39.0 Å². The lowest BCUT2D eigenvalue weighted by Crippen LogP contribution is -2.31. The van der Waals surface area contributed by atoms with Crippen molar-refractivity contribution in [2.75, 3.05) is 11.5 Å². The van der Waals surface area contributed by atoms with Crippen LogP contribution < -0.4 is 4.90 Å². The summed E-state index contributed by atoms with van der Waals surface area (Å²) < 4.78 is 5.30. The van der Waals surface area contributed by atoms with Crippen LogP contribution in [0.5, 0.6) is 0 Å². The van der Waals surface area contributed by atoms with Crippen molar-refractivity contribution in [3.05, 3.63) is 112 Å². The number of aliphatic hydroxyl groups excluding tert-OH is 1. The molecule has 1 atom stereocenters. The van der Waals surface area contributed by atoms with Crippen LogP contribution in [0, 0.1) is 12.8 Å². The molecule has 1 unspecified atom stereocenters. The summed E-state index contributed by atoms with van der Waals surface area (Å²) in [6.07, 6.45) is 3.15. The number of aliphatic hydroxyl groups is 1. The molecule has 1 aliphatic heterocycles. The Kier molecular flexibility index (Phi) is 7.57. The summed E-state index contributed by atoms with van der Waals surface area (Å²) in [4.78, 5) is 50.3. The Bertz CT molecular complexity index is 1600. The third-order valence-corrected chi connectivity index (χ3v) is 7.61. The second kappa shape index (κ2) is 11.2. The van der Waals surface area contributed by atoms with Gasteiger partial charge in [-0.2, -0.15) is 0 Å². The maximum Gasteiger partial charge on any atom is 0.338 e. The monoisotopic (exact) mass is 553 g/mol. The number of amides is 1. The summed E-state index contributed by atoms with van der Waals surface area (Å²) in [5.74, 6) is -2.11. The first-order valence-electron chi connectivity index (χ1n) is 12.8. The van der Waals surface area contributed by atoms with E-state index in [1.165, 1.54) is 16.2 Å². The Balaban J connectivity index is 1.52. The zero-order valence-corrected chi connectivity index (χ0v) is 23.0. The lowest BCUT2D eigenvalue weighted by atomic mass is 9.96. The number of nitrogens with zero attached hydrogens (tertiary/aromatic N) is 3. The maximum absolute atomic E-state index is 14.0. The molecule has 1 aliphatic rings. The molecule has 0 bridgehead atoms. The highest BCUT2D eigenvalue weighted by atomic mass is 32.1. The molecule has 3 heterocycles. The predicted molar refractivity (Wildman–Crippen MR) is 152 cm³/mol. The molecular formula is C31H27N3O5S. The second-order valence-electron chi connectivity index (χ2n) is 9.79. The van der Waals surface area contributed by atoms with Crippen LogP contribution in [-0.2, 0) is 9.53 Å². The van der Waals surface area contributed by atoms with Crippen molar-refractivity contribution < 1.29 is 24.2 Å². The lowest BCUT2D eigenvalue weighted by Gasteiger charge is -2.26. The molecule has 1 amide bonds. The number of esters is 1. The van der Waals surface area contributed by atoms with E-state index in [1.54, 1.807) is 55.7 Å². The number of hydrogen-bond donors (Lipinski definition) is 1. The molecule has 202 valence electrons. The number of benzene rings is 2. The Hall–Kier alpha value is -4.63. The van der Waals surface area contributed by atoms with Crippen LogP contribution in [0.4, 0.5) is 5.69 Å². The van der Waals surface area contributed by atoms with Gasteiger partial charge in [0.1, 0.15) is 5.01 Å². The molecule has 0 saturated carbocycles. The fraction of sp³-hybridized carbons (Fsp3) is 0.194. The quantitative estimate of drug-likeness (QED) is 0.207. The maximum atomic E-state index is 14.0. The summed E-state index contributed by atoms with van der Waals surface area (Å²) in [6, 6.07) is 18.3. The van der Waals surface area contributed by atoms with E-state index in [9.17, 15) is 19.5 Å². The Morgan fingerprint density at radius 2 is 1.77 bits per heavy atom. The average Bonchev–Trinajstić information content (AvgIpc) is 3.49. The number of carbonyl (C=O) groups excluding carboxylic acids is 3. The van der Waals surface area contributed by atoms with Crippen molar-refractivity contribution in [1.29, 1.82) is 0 Å². The van der Waals surface area contributed by atoms with Crippen LogP contribution in [0.25, 0.3) is 10.6 Å². The van der Waals surface area contributed by atoms with Gasteiger partial charge in [-0.3, -0.25) is 19.5 Å². The van der Waals surface area contributed by atoms with Gasteiger partial charge in [-0.05, 0) is 48.7 Å². The lowest BCUT2D eigenvalue weighted by molar-refractivity contribution is -0.117. The number of Topliss-reactive ketones (excluding diaryl/α,β-unsaturated/α-hetero) is 1. The highest BCUT2D eigenvalue weighted by Gasteiger charge is 2.45. The fourth-order valence-electron chi connectivity index (χ4n) is 4.47. The van der Waals surface area contributed by atoms with Gasteiger partial charge in [0.2, 0.25) is 5.78 Å². The number of ether oxygens (including phenoxy) is 1. The van der Waals surface area contributed by atoms with E-state index < -0.39 is 29.5 Å². The smallest absolute Gasteiger partial charge is 0.338 e. The van der Waals surface area contributed by atoms with Gasteiger partial charge < -0.3 is 9.84 Å². The summed E-state index contributed by atoms with van der Waals surface area (Å²) in [6.45, 7) is 5.92. The molecule has 8 nitrogen and oxygen atoms in total. The van der Waals surface area contributed by atoms with Gasteiger partial charge in [-0.15, -0.1) is 11.3 Å². The summed E-state index contributed by atoms with van der Waals surface area (Å²) >= 11 is 1.21. The van der Waals surface area contributed by atoms with E-state index >= 15 is 0 Å². The summed E-state index contributed by atoms with van der Waals surface area (Å²) in [5, 5.41) is 11.8. The highest BCUT2D eigenvalue weighted by Crippen LogP contribution is 2.43. The van der Waals surface area contributed by atoms with Gasteiger partial charge in [0, 0.05) is 23.6 Å². The van der Waals surface area contributed by atoms with Gasteiger partial charge in [0.25, 0.3) is 5.91 Å². The van der Waals surface area contributed by atoms with Gasteiger partial charge >= 0.3 is 5.97 Å². The topological polar surface area (TPSA) is 110 Å². The normalized spacial score (nSPS) is 15.2. The number of hydrogen-bond acceptors (Lipinski definition) is 8. The largest absolute Gasteiger partial charge is 0.503 e. The molecule has 0 aliphatic carbocycles. The van der Waals surface area contributed by atoms with Crippen LogP contribution in [0.3, 0.4) is 0 Å². The summed E-state index contributed by atoms with van der Waals surface area (Å²) in [7, 11) is 0. The zero-order valence-electron chi connectivity index (χ0n) is 22.2. The van der Waals surface area contributed by atoms with Crippen molar-refractivity contribution in [2.45, 2.75) is 26.8 Å². The molecule has 1 N–H and O–H groups in total. The van der Waals surface area contributed by atoms with Crippen molar-refractivity contribution in [1.82, 2.24) is 9.97 Å². The first kappa shape index (κ1) is 27.0. The van der Waals surface area contributed by atoms with Gasteiger partial charge in [0.15, 0.2) is 5.76 Å². The second-order valence-corrected chi connectivity index (χ2v) is 10.8. The van der Waals surface area contributed by atoms with Crippen LogP contribution in [0.1, 0.15) is 51.2 Å². The molecule has 9 heteroatoms. The van der Waals surface area contributed by atoms with Crippen LogP contribution >= 0.6 is 11.3 Å². The predicted octanol–water partition coefficient (Wildman–Crippen LogP) is 6.11. The molecule has 5 rings (SSSR count). The standard InChI is InChI=1S/C31H27N3O5S/c1-18(2)17-39-31(38)21-11-13-23(14-12-21)34-25(22-10-7-15-32-16-22)24(27(36)30(34)37)26(35)28-19(3)33-29(40-28)20-8-5-4-6-9-20/h4-16,18,25,36H,17H2,1-3H3. The van der Waals surface area contributed by atoms with Crippen LogP contribution in [0.15, 0.2) is 90.5 Å². The average molecular weight is 554 g/mol. The number of thiazole rings is 1. The van der Waals surface area contributed by atoms with E-state index in [1.807, 2.05) is 44.2 Å². The minimum atomic E-state index is -0.936. The number of carbonyl (C=O) groups is 3. The molecule has 2 aromatic carbocycles. The van der Waals surface area contributed by atoms with Crippen LogP contribution in [-0.4, -0.2) is 39.3 Å². The van der Waals surface area contributed by atoms with Crippen molar-refractivity contribution in [2.24, 2.45) is 5.92 Å². The molecule has 0 fully saturated rings. The molecule has 4 aromatic rings. The zero-order chi connectivity index (χ0) is 28.4. The minimum absolute atomic E-state index is 0.0511. The molecule has 2 aromatic heterocycles. The first-order valence-corrected chi connectivity index (χ1v) is 13.6. The molecular weight excluding hydrogens is 526 g/mol. The third-order valence-electron chi connectivity index (χ3n) is 6.41. The van der Waals surface area contributed by atoms with Crippen molar-refractivity contribution in [3.63, 3.8) is 0 Å². The van der Waals surface area contributed by atoms with Crippen molar-refractivity contribution >= 4 is 34.7 Å². The van der Waals surface area contributed by atoms with Gasteiger partial charge in [-0.25, -0.2) is 9.78 Å². The highest BCUT2D eigenvalue weighted by molar-refractivity contribution is 7.17. The van der Waals surface area contributed by atoms with E-state index in [2.05, 4.69) is 9.97 Å². The Morgan fingerprint density at radius 3 is 2.42 bits per heavy atom. The van der Waals surface area contributed by atoms with Gasteiger partial charge in [-0.1, -0.05) is 50.2 Å². The third kappa shape index (κ3) is 5.15. The number of aryl methyl sites for hydroxylation is 1. The molecule has 0 spiro atoms. The van der Waals surface area contributed by atoms with Crippen molar-refractivity contribution in [3.8, 4) is 10.6 Å². The van der Waals surface area contributed by atoms with E-state index in [4.69, 9.17) is 4.74 Å². The first-order chi connectivity index (χ1) is 19.3. The summed E-state index contributed by atoms with van der Waals surface area (Å²) in [5.41, 5.74) is 2.61. The van der Waals surface area contributed by atoms with Crippen LogP contribution in [0.2, 0.25) is 0 Å². The number of aromatic nitrogens is 2. The number of pyridine rings is 1. The van der Waals surface area contributed by atoms with E-state index in [0.717, 1.165) is 5.56 Å². The molecule has 0 saturated heterocycles. The SMILES string of the molecule is Cc1nc(-c2ccccc2)sc1C(=O)C1=C(O)C(=O)N(c2ccc(C(=O)OCC(C)C)cc2)C1c1cccnc1. The fourth-order valence-corrected chi connectivity index (χ4v) is 5.50. The Morgan fingerprint density at radius 1 is 1.05 bits per heavy atom. The Labute approximate surface area is 235 Å². The van der Waals surface area contributed by atoms with Gasteiger partial charge in [0.05, 0.1) is 34.4 Å².